The predicted molar refractivity (Wildman–Crippen MR) is 101 cm³/mol. The average Bonchev–Trinajstić information content (AvgIpc) is 2.62. The smallest absolute Gasteiger partial charge is 0.228 e. The topological polar surface area (TPSA) is 84.0 Å². The molecule has 0 spiro atoms. The summed E-state index contributed by atoms with van der Waals surface area (Å²) in [7, 11) is 0. The number of rotatable bonds is 4. The largest absolute Gasteiger partial charge is 0.310 e. The van der Waals surface area contributed by atoms with E-state index in [1.807, 2.05) is 38.1 Å². The molecule has 2 aromatic rings. The fraction of sp³-hybridized carbons (Fsp3) is 0.400. The van der Waals surface area contributed by atoms with Crippen LogP contribution in [-0.4, -0.2) is 21.8 Å². The summed E-state index contributed by atoms with van der Waals surface area (Å²) in [6.07, 6.45) is 6.36. The first-order valence-electron chi connectivity index (χ1n) is 8.98. The molecule has 1 saturated carbocycles. The minimum absolute atomic E-state index is 0.0609. The number of aryl methyl sites for hydroxylation is 2. The lowest BCUT2D eigenvalue weighted by Crippen LogP contribution is -2.33. The van der Waals surface area contributed by atoms with Crippen LogP contribution < -0.4 is 10.6 Å². The molecule has 0 saturated heterocycles. The van der Waals surface area contributed by atoms with Crippen molar-refractivity contribution in [1.29, 1.82) is 0 Å². The Morgan fingerprint density at radius 3 is 1.77 bits per heavy atom. The SMILES string of the molecule is Cc1ccnc(NC(=O)[C@@H]2CCC[C@@H](C(=O)Nc3cc(C)ccn3)C2)c1. The summed E-state index contributed by atoms with van der Waals surface area (Å²) in [4.78, 5) is 33.5. The quantitative estimate of drug-likeness (QED) is 0.882. The zero-order chi connectivity index (χ0) is 18.5. The lowest BCUT2D eigenvalue weighted by atomic mass is 9.80. The number of nitrogens with zero attached hydrogens (tertiary/aromatic N) is 2. The Balaban J connectivity index is 1.59. The molecule has 2 atom stereocenters. The van der Waals surface area contributed by atoms with Gasteiger partial charge in [0.15, 0.2) is 0 Å². The molecule has 6 nitrogen and oxygen atoms in total. The van der Waals surface area contributed by atoms with Gasteiger partial charge in [-0.2, -0.15) is 0 Å². The average molecular weight is 352 g/mol. The summed E-state index contributed by atoms with van der Waals surface area (Å²) in [5, 5.41) is 5.75. The van der Waals surface area contributed by atoms with E-state index in [0.29, 0.717) is 18.1 Å². The van der Waals surface area contributed by atoms with Crippen molar-refractivity contribution in [2.75, 3.05) is 10.6 Å². The van der Waals surface area contributed by atoms with E-state index in [4.69, 9.17) is 0 Å². The van der Waals surface area contributed by atoms with Gasteiger partial charge in [0.25, 0.3) is 0 Å². The first-order chi connectivity index (χ1) is 12.5. The van der Waals surface area contributed by atoms with E-state index in [-0.39, 0.29) is 23.7 Å². The van der Waals surface area contributed by atoms with E-state index in [9.17, 15) is 9.59 Å². The van der Waals surface area contributed by atoms with Crippen molar-refractivity contribution >= 4 is 23.5 Å². The molecule has 0 unspecified atom stereocenters. The second kappa shape index (κ2) is 8.08. The lowest BCUT2D eigenvalue weighted by molar-refractivity contribution is -0.124. The number of hydrogen-bond donors (Lipinski definition) is 2. The molecule has 136 valence electrons. The zero-order valence-electron chi connectivity index (χ0n) is 15.2. The Morgan fingerprint density at radius 2 is 1.35 bits per heavy atom. The number of carbonyl (C=O) groups excluding carboxylic acids is 2. The van der Waals surface area contributed by atoms with Gasteiger partial charge in [-0.05, 0) is 68.5 Å². The van der Waals surface area contributed by atoms with Crippen molar-refractivity contribution in [3.8, 4) is 0 Å². The van der Waals surface area contributed by atoms with E-state index in [0.717, 1.165) is 30.4 Å². The molecule has 0 aromatic carbocycles. The van der Waals surface area contributed by atoms with Gasteiger partial charge in [0, 0.05) is 24.2 Å². The highest BCUT2D eigenvalue weighted by molar-refractivity contribution is 5.94. The third kappa shape index (κ3) is 4.65. The Kier molecular flexibility index (Phi) is 5.61. The van der Waals surface area contributed by atoms with E-state index in [2.05, 4.69) is 20.6 Å². The van der Waals surface area contributed by atoms with Gasteiger partial charge < -0.3 is 10.6 Å². The number of anilines is 2. The summed E-state index contributed by atoms with van der Waals surface area (Å²) in [5.41, 5.74) is 2.09. The minimum Gasteiger partial charge on any atom is -0.310 e. The second-order valence-electron chi connectivity index (χ2n) is 6.98. The molecule has 0 radical (unpaired) electrons. The van der Waals surface area contributed by atoms with Gasteiger partial charge in [-0.1, -0.05) is 6.42 Å². The Morgan fingerprint density at radius 1 is 0.885 bits per heavy atom. The maximum absolute atomic E-state index is 12.6. The van der Waals surface area contributed by atoms with Crippen LogP contribution in [0, 0.1) is 25.7 Å². The van der Waals surface area contributed by atoms with Crippen LogP contribution in [0.2, 0.25) is 0 Å². The van der Waals surface area contributed by atoms with Crippen molar-refractivity contribution in [3.05, 3.63) is 47.8 Å². The molecule has 1 fully saturated rings. The zero-order valence-corrected chi connectivity index (χ0v) is 15.2. The van der Waals surface area contributed by atoms with Crippen LogP contribution in [0.15, 0.2) is 36.7 Å². The molecule has 1 aliphatic rings. The minimum atomic E-state index is -0.174. The monoisotopic (exact) mass is 352 g/mol. The van der Waals surface area contributed by atoms with Crippen LogP contribution >= 0.6 is 0 Å². The van der Waals surface area contributed by atoms with E-state index in [1.54, 1.807) is 12.4 Å². The first-order valence-corrected chi connectivity index (χ1v) is 8.98. The highest BCUT2D eigenvalue weighted by atomic mass is 16.2. The number of nitrogens with one attached hydrogen (secondary N) is 2. The molecule has 6 heteroatoms. The highest BCUT2D eigenvalue weighted by Crippen LogP contribution is 2.30. The van der Waals surface area contributed by atoms with Crippen LogP contribution in [0.4, 0.5) is 11.6 Å². The number of pyridine rings is 2. The van der Waals surface area contributed by atoms with Crippen molar-refractivity contribution in [3.63, 3.8) is 0 Å². The van der Waals surface area contributed by atoms with Crippen LogP contribution in [0.5, 0.6) is 0 Å². The molecule has 2 heterocycles. The Labute approximate surface area is 153 Å². The highest BCUT2D eigenvalue weighted by Gasteiger charge is 2.31. The normalized spacial score (nSPS) is 19.6. The van der Waals surface area contributed by atoms with Crippen LogP contribution in [-0.2, 0) is 9.59 Å². The van der Waals surface area contributed by atoms with Crippen molar-refractivity contribution < 1.29 is 9.59 Å². The van der Waals surface area contributed by atoms with E-state index < -0.39 is 0 Å². The van der Waals surface area contributed by atoms with Gasteiger partial charge in [-0.25, -0.2) is 9.97 Å². The second-order valence-corrected chi connectivity index (χ2v) is 6.98. The summed E-state index contributed by atoms with van der Waals surface area (Å²) in [5.74, 6) is 0.652. The molecule has 2 amide bonds. The molecular formula is C20H24N4O2. The van der Waals surface area contributed by atoms with Gasteiger partial charge >= 0.3 is 0 Å². The molecule has 2 N–H and O–H groups in total. The maximum atomic E-state index is 12.6. The number of aromatic nitrogens is 2. The Bertz CT molecular complexity index is 740. The molecular weight excluding hydrogens is 328 g/mol. The standard InChI is InChI=1S/C20H24N4O2/c1-13-6-8-21-17(10-13)23-19(25)15-4-3-5-16(12-15)20(26)24-18-11-14(2)7-9-22-18/h6-11,15-16H,3-5,12H2,1-2H3,(H,21,23,25)(H,22,24,26)/t15-,16-/m1/s1. The summed E-state index contributed by atoms with van der Waals surface area (Å²) in [6, 6.07) is 7.45. The van der Waals surface area contributed by atoms with Crippen LogP contribution in [0.3, 0.4) is 0 Å². The molecule has 0 bridgehead atoms. The molecule has 2 aromatic heterocycles. The fourth-order valence-electron chi connectivity index (χ4n) is 3.33. The van der Waals surface area contributed by atoms with Crippen molar-refractivity contribution in [2.45, 2.75) is 39.5 Å². The molecule has 26 heavy (non-hydrogen) atoms. The third-order valence-corrected chi connectivity index (χ3v) is 4.75. The van der Waals surface area contributed by atoms with Crippen molar-refractivity contribution in [1.82, 2.24) is 9.97 Å². The van der Waals surface area contributed by atoms with Crippen molar-refractivity contribution in [2.24, 2.45) is 11.8 Å². The summed E-state index contributed by atoms with van der Waals surface area (Å²) >= 11 is 0. The van der Waals surface area contributed by atoms with Gasteiger partial charge in [-0.15, -0.1) is 0 Å². The van der Waals surface area contributed by atoms with Crippen LogP contribution in [0.25, 0.3) is 0 Å². The molecule has 0 aliphatic heterocycles. The van der Waals surface area contributed by atoms with Gasteiger partial charge in [-0.3, -0.25) is 9.59 Å². The van der Waals surface area contributed by atoms with Gasteiger partial charge in [0.1, 0.15) is 11.6 Å². The summed E-state index contributed by atoms with van der Waals surface area (Å²) < 4.78 is 0. The first kappa shape index (κ1) is 18.0. The number of carbonyl (C=O) groups is 2. The molecule has 3 rings (SSSR count). The Hall–Kier alpha value is -2.76. The van der Waals surface area contributed by atoms with E-state index in [1.165, 1.54) is 0 Å². The summed E-state index contributed by atoms with van der Waals surface area (Å²) in [6.45, 7) is 3.91. The maximum Gasteiger partial charge on any atom is 0.228 e. The van der Waals surface area contributed by atoms with Gasteiger partial charge in [0.2, 0.25) is 11.8 Å². The lowest BCUT2D eigenvalue weighted by Gasteiger charge is -2.27. The van der Waals surface area contributed by atoms with E-state index >= 15 is 0 Å². The van der Waals surface area contributed by atoms with Crippen LogP contribution in [0.1, 0.15) is 36.8 Å². The number of amides is 2. The molecule has 1 aliphatic carbocycles. The van der Waals surface area contributed by atoms with Gasteiger partial charge in [0.05, 0.1) is 0 Å². The fourth-order valence-corrected chi connectivity index (χ4v) is 3.33. The third-order valence-electron chi connectivity index (χ3n) is 4.75. The number of hydrogen-bond acceptors (Lipinski definition) is 4. The predicted octanol–water partition coefficient (Wildman–Crippen LogP) is 3.48.